The molecular weight excluding hydrogens is 595 g/mol. The van der Waals surface area contributed by atoms with E-state index in [1.165, 1.54) is 87.6 Å². The maximum absolute atomic E-state index is 14.0. The van der Waals surface area contributed by atoms with Gasteiger partial charge in [0.25, 0.3) is 0 Å². The van der Waals surface area contributed by atoms with Crippen molar-refractivity contribution in [2.24, 2.45) is 0 Å². The molecule has 47 heavy (non-hydrogen) atoms. The second-order valence-electron chi connectivity index (χ2n) is 14.2. The largest absolute Gasteiger partial charge is 0.496 e. The van der Waals surface area contributed by atoms with Crippen molar-refractivity contribution < 1.29 is 14.3 Å². The van der Waals surface area contributed by atoms with Gasteiger partial charge in [-0.2, -0.15) is 0 Å². The van der Waals surface area contributed by atoms with E-state index in [0.717, 1.165) is 50.0 Å². The lowest BCUT2D eigenvalue weighted by Crippen LogP contribution is -2.51. The quantitative estimate of drug-likeness (QED) is 0.179. The Labute approximate surface area is 280 Å². The Morgan fingerprint density at radius 3 is 1.43 bits per heavy atom. The number of rotatable bonds is 5. The summed E-state index contributed by atoms with van der Waals surface area (Å²) in [5.41, 5.74) is 4.92. The number of fused-ring (bicyclic) bond motifs is 2. The average Bonchev–Trinajstić information content (AvgIpc) is 3.11. The van der Waals surface area contributed by atoms with Gasteiger partial charge in [-0.3, -0.25) is 4.79 Å². The topological polar surface area (TPSA) is 35.5 Å². The van der Waals surface area contributed by atoms with Crippen molar-refractivity contribution in [1.82, 2.24) is 0 Å². The van der Waals surface area contributed by atoms with Gasteiger partial charge in [0.05, 0.1) is 14.2 Å². The van der Waals surface area contributed by atoms with Crippen LogP contribution >= 0.6 is 7.92 Å². The minimum Gasteiger partial charge on any atom is -0.496 e. The molecule has 5 aromatic carbocycles. The van der Waals surface area contributed by atoms with Crippen LogP contribution in [0.4, 0.5) is 0 Å². The molecule has 8 rings (SSSR count). The fourth-order valence-electron chi connectivity index (χ4n) is 9.74. The minimum atomic E-state index is -0.765. The predicted octanol–water partition coefficient (Wildman–Crippen LogP) is 11.2. The third kappa shape index (κ3) is 5.08. The summed E-state index contributed by atoms with van der Waals surface area (Å²) in [5.74, 6) is 2.33. The van der Waals surface area contributed by atoms with Crippen LogP contribution in [0.5, 0.6) is 11.5 Å². The second kappa shape index (κ2) is 12.4. The third-order valence-electron chi connectivity index (χ3n) is 11.6. The van der Waals surface area contributed by atoms with Crippen molar-refractivity contribution in [2.45, 2.75) is 87.4 Å². The second-order valence-corrected chi connectivity index (χ2v) is 17.2. The molecule has 3 fully saturated rings. The SMILES string of the molecule is COc1ccc2ccccc2c1-c1cccc(-c2c(OC)ccc3ccccc23)c1P1C2(CCCCC2)CC(=O)CC12CCCCC2. The van der Waals surface area contributed by atoms with E-state index in [1.54, 1.807) is 14.2 Å². The average molecular weight is 641 g/mol. The van der Waals surface area contributed by atoms with Crippen LogP contribution in [0.1, 0.15) is 77.0 Å². The molecule has 3 aliphatic rings. The maximum atomic E-state index is 14.0. The zero-order valence-corrected chi connectivity index (χ0v) is 28.7. The molecule has 0 atom stereocenters. The van der Waals surface area contributed by atoms with Crippen LogP contribution in [0.15, 0.2) is 91.0 Å². The highest BCUT2D eigenvalue weighted by molar-refractivity contribution is 7.69. The normalized spacial score (nSPS) is 19.4. The molecule has 2 aliphatic carbocycles. The highest BCUT2D eigenvalue weighted by atomic mass is 31.1. The number of ether oxygens (including phenoxy) is 2. The van der Waals surface area contributed by atoms with Crippen LogP contribution in [0, 0.1) is 0 Å². The van der Waals surface area contributed by atoms with Gasteiger partial charge in [-0.15, -0.1) is 0 Å². The summed E-state index contributed by atoms with van der Waals surface area (Å²) in [5, 5.41) is 6.37. The molecule has 1 heterocycles. The first-order valence-electron chi connectivity index (χ1n) is 17.6. The molecule has 0 N–H and O–H groups in total. The van der Waals surface area contributed by atoms with Gasteiger partial charge in [0.2, 0.25) is 0 Å². The first-order chi connectivity index (χ1) is 23.1. The Balaban J connectivity index is 1.54. The highest BCUT2D eigenvalue weighted by Gasteiger charge is 2.57. The van der Waals surface area contributed by atoms with Crippen molar-refractivity contribution in [3.63, 3.8) is 0 Å². The molecule has 4 heteroatoms. The van der Waals surface area contributed by atoms with Gasteiger partial charge in [-0.25, -0.2) is 0 Å². The number of ketones is 1. The molecule has 0 bridgehead atoms. The smallest absolute Gasteiger partial charge is 0.134 e. The first kappa shape index (κ1) is 30.6. The molecule has 2 saturated carbocycles. The third-order valence-corrected chi connectivity index (χ3v) is 15.6. The molecule has 5 aromatic rings. The van der Waals surface area contributed by atoms with E-state index in [2.05, 4.69) is 91.0 Å². The Kier molecular flexibility index (Phi) is 8.09. The minimum absolute atomic E-state index is 0.0146. The van der Waals surface area contributed by atoms with Crippen molar-refractivity contribution in [1.29, 1.82) is 0 Å². The maximum Gasteiger partial charge on any atom is 0.134 e. The van der Waals surface area contributed by atoms with Crippen LogP contribution in [0.3, 0.4) is 0 Å². The predicted molar refractivity (Wildman–Crippen MR) is 198 cm³/mol. The molecule has 2 spiro atoms. The van der Waals surface area contributed by atoms with E-state index < -0.39 is 7.92 Å². The molecule has 1 saturated heterocycles. The van der Waals surface area contributed by atoms with E-state index in [9.17, 15) is 4.79 Å². The summed E-state index contributed by atoms with van der Waals surface area (Å²) in [6.45, 7) is 0. The zero-order chi connectivity index (χ0) is 32.0. The van der Waals surface area contributed by atoms with Crippen LogP contribution in [-0.4, -0.2) is 30.3 Å². The molecule has 3 nitrogen and oxygen atoms in total. The molecule has 0 aromatic heterocycles. The van der Waals surface area contributed by atoms with Gasteiger partial charge >= 0.3 is 0 Å². The van der Waals surface area contributed by atoms with Gasteiger partial charge in [0.15, 0.2) is 0 Å². The molecule has 240 valence electrons. The lowest BCUT2D eigenvalue weighted by molar-refractivity contribution is -0.121. The number of benzene rings is 5. The van der Waals surface area contributed by atoms with Gasteiger partial charge in [-0.05, 0) is 75.8 Å². The van der Waals surface area contributed by atoms with Gasteiger partial charge in [0.1, 0.15) is 17.3 Å². The Morgan fingerprint density at radius 2 is 0.979 bits per heavy atom. The molecule has 0 amide bonds. The standard InChI is InChI=1S/C43H45O3P/c1-45-37-22-20-30-14-5-7-16-33(30)39(37)35-18-13-19-36(40-34-17-8-6-15-31(34)21-23-38(40)46-2)41(35)47-42(24-9-3-10-25-42)28-32(44)29-43(47)26-11-4-12-27-43/h5-8,13-23H,3-4,9-12,24-29H2,1-2H3. The van der Waals surface area contributed by atoms with Gasteiger partial charge in [-0.1, -0.05) is 125 Å². The van der Waals surface area contributed by atoms with Crippen LogP contribution < -0.4 is 14.8 Å². The van der Waals surface area contributed by atoms with E-state index in [-0.39, 0.29) is 10.3 Å². The van der Waals surface area contributed by atoms with Crippen LogP contribution in [0.2, 0.25) is 0 Å². The molecule has 0 unspecified atom stereocenters. The number of carbonyl (C=O) groups excluding carboxylic acids is 1. The van der Waals surface area contributed by atoms with E-state index >= 15 is 0 Å². The summed E-state index contributed by atoms with van der Waals surface area (Å²) in [6.07, 6.45) is 13.5. The van der Waals surface area contributed by atoms with E-state index in [1.807, 2.05) is 0 Å². The summed E-state index contributed by atoms with van der Waals surface area (Å²) >= 11 is 0. The van der Waals surface area contributed by atoms with E-state index in [0.29, 0.717) is 5.78 Å². The lowest BCUT2D eigenvalue weighted by Gasteiger charge is -2.58. The first-order valence-corrected chi connectivity index (χ1v) is 19.0. The summed E-state index contributed by atoms with van der Waals surface area (Å²) in [7, 11) is 2.85. The van der Waals surface area contributed by atoms with Crippen molar-refractivity contribution in [3.8, 4) is 33.8 Å². The number of hydrogen-bond donors (Lipinski definition) is 0. The Hall–Kier alpha value is -3.68. The lowest BCUT2D eigenvalue weighted by atomic mass is 9.79. The molecule has 0 radical (unpaired) electrons. The fraction of sp³-hybridized carbons (Fsp3) is 0.372. The van der Waals surface area contributed by atoms with Crippen molar-refractivity contribution in [3.05, 3.63) is 91.0 Å². The number of Topliss-reactive ketones (excluding diaryl/α,β-unsaturated/α-hetero) is 1. The summed E-state index contributed by atoms with van der Waals surface area (Å²) in [4.78, 5) is 14.0. The van der Waals surface area contributed by atoms with Crippen molar-refractivity contribution >= 4 is 40.6 Å². The van der Waals surface area contributed by atoms with Crippen LogP contribution in [-0.2, 0) is 4.79 Å². The number of methoxy groups -OCH3 is 2. The molecular formula is C43H45O3P. The van der Waals surface area contributed by atoms with Gasteiger partial charge < -0.3 is 9.47 Å². The van der Waals surface area contributed by atoms with Crippen molar-refractivity contribution in [2.75, 3.05) is 14.2 Å². The van der Waals surface area contributed by atoms with Gasteiger partial charge in [0, 0.05) is 34.3 Å². The summed E-state index contributed by atoms with van der Waals surface area (Å²) in [6, 6.07) is 33.2. The highest BCUT2D eigenvalue weighted by Crippen LogP contribution is 2.73. The molecule has 1 aliphatic heterocycles. The van der Waals surface area contributed by atoms with E-state index in [4.69, 9.17) is 9.47 Å². The van der Waals surface area contributed by atoms with Crippen LogP contribution in [0.25, 0.3) is 43.8 Å². The monoisotopic (exact) mass is 640 g/mol. The summed E-state index contributed by atoms with van der Waals surface area (Å²) < 4.78 is 12.5. The number of hydrogen-bond acceptors (Lipinski definition) is 3. The fourth-order valence-corrected chi connectivity index (χ4v) is 14.7. The number of carbonyl (C=O) groups is 1. The Morgan fingerprint density at radius 1 is 0.532 bits per heavy atom. The zero-order valence-electron chi connectivity index (χ0n) is 27.8. The Bertz CT molecular complexity index is 1830.